The molecule has 1 aromatic carbocycles. The molecule has 0 spiro atoms. The molecule has 5 heteroatoms. The summed E-state index contributed by atoms with van der Waals surface area (Å²) in [7, 11) is 0. The lowest BCUT2D eigenvalue weighted by Crippen LogP contribution is -2.29. The average molecular weight is 378 g/mol. The number of aromatic hydroxyl groups is 1. The van der Waals surface area contributed by atoms with Crippen LogP contribution in [-0.4, -0.2) is 36.2 Å². The van der Waals surface area contributed by atoms with Gasteiger partial charge in [-0.1, -0.05) is 0 Å². The van der Waals surface area contributed by atoms with Gasteiger partial charge in [-0.05, 0) is 75.5 Å². The van der Waals surface area contributed by atoms with Crippen molar-refractivity contribution in [3.63, 3.8) is 0 Å². The Balaban J connectivity index is 1.76. The van der Waals surface area contributed by atoms with Crippen molar-refractivity contribution in [3.8, 4) is 5.75 Å². The molecule has 18 heavy (non-hydrogen) atoms. The Morgan fingerprint density at radius 1 is 1.17 bits per heavy atom. The first-order valence-corrected chi connectivity index (χ1v) is 7.85. The Hall–Kier alpha value is -0.100. The summed E-state index contributed by atoms with van der Waals surface area (Å²) in [5.74, 6) is 0.260. The highest BCUT2D eigenvalue weighted by molar-refractivity contribution is 9.11. The summed E-state index contributed by atoms with van der Waals surface area (Å²) in [5, 5.41) is 13.1. The van der Waals surface area contributed by atoms with Crippen LogP contribution in [0.25, 0.3) is 0 Å². The zero-order chi connectivity index (χ0) is 13.0. The molecule has 0 unspecified atom stereocenters. The number of phenols is 1. The Labute approximate surface area is 125 Å². The third-order valence-corrected chi connectivity index (χ3v) is 4.42. The standard InChI is InChI=1S/C13H18Br2N2O/c14-11-7-10(8-12(15)13(11)18)9-16-3-6-17-4-1-2-5-17/h7-8,16,18H,1-6,9H2. The highest BCUT2D eigenvalue weighted by Crippen LogP contribution is 2.33. The van der Waals surface area contributed by atoms with Crippen molar-refractivity contribution < 1.29 is 5.11 Å². The van der Waals surface area contributed by atoms with E-state index in [1.807, 2.05) is 12.1 Å². The molecule has 0 radical (unpaired) electrons. The van der Waals surface area contributed by atoms with Crippen molar-refractivity contribution in [2.75, 3.05) is 26.2 Å². The van der Waals surface area contributed by atoms with E-state index in [0.717, 1.165) is 34.1 Å². The molecule has 0 atom stereocenters. The van der Waals surface area contributed by atoms with Gasteiger partial charge in [0.1, 0.15) is 5.75 Å². The van der Waals surface area contributed by atoms with Gasteiger partial charge in [0.05, 0.1) is 8.95 Å². The molecule has 100 valence electrons. The number of hydrogen-bond donors (Lipinski definition) is 2. The van der Waals surface area contributed by atoms with Gasteiger partial charge in [-0.3, -0.25) is 0 Å². The van der Waals surface area contributed by atoms with E-state index in [4.69, 9.17) is 0 Å². The van der Waals surface area contributed by atoms with Crippen LogP contribution in [0.1, 0.15) is 18.4 Å². The predicted molar refractivity (Wildman–Crippen MR) is 80.9 cm³/mol. The van der Waals surface area contributed by atoms with Crippen LogP contribution >= 0.6 is 31.9 Å². The summed E-state index contributed by atoms with van der Waals surface area (Å²) in [5.41, 5.74) is 1.16. The number of benzene rings is 1. The molecule has 1 heterocycles. The van der Waals surface area contributed by atoms with E-state index >= 15 is 0 Å². The molecule has 0 amide bonds. The van der Waals surface area contributed by atoms with Crippen LogP contribution in [0.5, 0.6) is 5.75 Å². The summed E-state index contributed by atoms with van der Waals surface area (Å²) in [6, 6.07) is 3.89. The highest BCUT2D eigenvalue weighted by Gasteiger charge is 2.10. The molecule has 0 bridgehead atoms. The van der Waals surface area contributed by atoms with Crippen molar-refractivity contribution in [1.82, 2.24) is 10.2 Å². The molecule has 2 N–H and O–H groups in total. The predicted octanol–water partition coefficient (Wildman–Crippen LogP) is 3.10. The van der Waals surface area contributed by atoms with Gasteiger partial charge in [0.25, 0.3) is 0 Å². The van der Waals surface area contributed by atoms with Crippen molar-refractivity contribution >= 4 is 31.9 Å². The normalized spacial score (nSPS) is 16.3. The summed E-state index contributed by atoms with van der Waals surface area (Å²) in [4.78, 5) is 2.50. The zero-order valence-corrected chi connectivity index (χ0v) is 13.4. The second kappa shape index (κ2) is 6.89. The highest BCUT2D eigenvalue weighted by atomic mass is 79.9. The number of halogens is 2. The number of nitrogens with one attached hydrogen (secondary N) is 1. The van der Waals surface area contributed by atoms with Crippen molar-refractivity contribution in [2.24, 2.45) is 0 Å². The Morgan fingerprint density at radius 2 is 1.78 bits per heavy atom. The monoisotopic (exact) mass is 376 g/mol. The van der Waals surface area contributed by atoms with E-state index < -0.39 is 0 Å². The van der Waals surface area contributed by atoms with Gasteiger partial charge in [0, 0.05) is 19.6 Å². The molecule has 0 aromatic heterocycles. The number of rotatable bonds is 5. The van der Waals surface area contributed by atoms with Crippen LogP contribution in [0.2, 0.25) is 0 Å². The van der Waals surface area contributed by atoms with E-state index in [9.17, 15) is 5.11 Å². The lowest BCUT2D eigenvalue weighted by molar-refractivity contribution is 0.335. The number of likely N-dealkylation sites (tertiary alicyclic amines) is 1. The van der Waals surface area contributed by atoms with Gasteiger partial charge >= 0.3 is 0 Å². The second-order valence-corrected chi connectivity index (χ2v) is 6.34. The fourth-order valence-corrected chi connectivity index (χ4v) is 3.48. The van der Waals surface area contributed by atoms with E-state index in [0.29, 0.717) is 0 Å². The summed E-state index contributed by atoms with van der Waals surface area (Å²) in [6.07, 6.45) is 2.69. The minimum atomic E-state index is 0.260. The van der Waals surface area contributed by atoms with Crippen LogP contribution in [0, 0.1) is 0 Å². The topological polar surface area (TPSA) is 35.5 Å². The van der Waals surface area contributed by atoms with Crippen molar-refractivity contribution in [1.29, 1.82) is 0 Å². The molecule has 1 aliphatic heterocycles. The first-order valence-electron chi connectivity index (χ1n) is 6.27. The molecule has 0 aliphatic carbocycles. The van der Waals surface area contributed by atoms with E-state index in [2.05, 4.69) is 42.1 Å². The van der Waals surface area contributed by atoms with E-state index in [-0.39, 0.29) is 5.75 Å². The number of nitrogens with zero attached hydrogens (tertiary/aromatic N) is 1. The van der Waals surface area contributed by atoms with Crippen molar-refractivity contribution in [2.45, 2.75) is 19.4 Å². The maximum Gasteiger partial charge on any atom is 0.143 e. The largest absolute Gasteiger partial charge is 0.506 e. The lowest BCUT2D eigenvalue weighted by atomic mass is 10.2. The minimum absolute atomic E-state index is 0.260. The van der Waals surface area contributed by atoms with Gasteiger partial charge in [-0.25, -0.2) is 0 Å². The minimum Gasteiger partial charge on any atom is -0.506 e. The van der Waals surface area contributed by atoms with Crippen LogP contribution in [0.4, 0.5) is 0 Å². The molecule has 0 saturated carbocycles. The van der Waals surface area contributed by atoms with Gasteiger partial charge in [-0.15, -0.1) is 0 Å². The number of phenolic OH excluding ortho intramolecular Hbond substituents is 1. The Kier molecular flexibility index (Phi) is 5.48. The summed E-state index contributed by atoms with van der Waals surface area (Å²) < 4.78 is 1.46. The summed E-state index contributed by atoms with van der Waals surface area (Å²) in [6.45, 7) is 5.46. The third-order valence-electron chi connectivity index (χ3n) is 3.21. The Bertz CT molecular complexity index is 383. The van der Waals surface area contributed by atoms with Crippen LogP contribution in [0.3, 0.4) is 0 Å². The fraction of sp³-hybridized carbons (Fsp3) is 0.538. The molecular formula is C13H18Br2N2O. The molecule has 2 rings (SSSR count). The molecule has 1 aromatic rings. The average Bonchev–Trinajstić information content (AvgIpc) is 2.84. The maximum atomic E-state index is 9.63. The smallest absolute Gasteiger partial charge is 0.143 e. The Morgan fingerprint density at radius 3 is 2.39 bits per heavy atom. The van der Waals surface area contributed by atoms with E-state index in [1.54, 1.807) is 0 Å². The first-order chi connectivity index (χ1) is 8.66. The fourth-order valence-electron chi connectivity index (χ4n) is 2.20. The summed E-state index contributed by atoms with van der Waals surface area (Å²) >= 11 is 6.69. The molecule has 1 aliphatic rings. The van der Waals surface area contributed by atoms with Crippen LogP contribution in [-0.2, 0) is 6.54 Å². The van der Waals surface area contributed by atoms with E-state index in [1.165, 1.54) is 25.9 Å². The molecule has 3 nitrogen and oxygen atoms in total. The quantitative estimate of drug-likeness (QED) is 0.774. The second-order valence-electron chi connectivity index (χ2n) is 4.63. The third kappa shape index (κ3) is 3.95. The molecule has 1 saturated heterocycles. The van der Waals surface area contributed by atoms with Gasteiger partial charge < -0.3 is 15.3 Å². The maximum absolute atomic E-state index is 9.63. The molecular weight excluding hydrogens is 360 g/mol. The van der Waals surface area contributed by atoms with Crippen LogP contribution < -0.4 is 5.32 Å². The first kappa shape index (κ1) is 14.3. The number of hydrogen-bond acceptors (Lipinski definition) is 3. The van der Waals surface area contributed by atoms with Gasteiger partial charge in [0.15, 0.2) is 0 Å². The lowest BCUT2D eigenvalue weighted by Gasteiger charge is -2.15. The van der Waals surface area contributed by atoms with Gasteiger partial charge in [-0.2, -0.15) is 0 Å². The SMILES string of the molecule is Oc1c(Br)cc(CNCCN2CCCC2)cc1Br. The van der Waals surface area contributed by atoms with Crippen molar-refractivity contribution in [3.05, 3.63) is 26.6 Å². The molecule has 1 fully saturated rings. The van der Waals surface area contributed by atoms with Crippen LogP contribution in [0.15, 0.2) is 21.1 Å². The zero-order valence-electron chi connectivity index (χ0n) is 10.3. The van der Waals surface area contributed by atoms with Gasteiger partial charge in [0.2, 0.25) is 0 Å².